The fourth-order valence-electron chi connectivity index (χ4n) is 3.77. The van der Waals surface area contributed by atoms with Crippen LogP contribution in [0.2, 0.25) is 0 Å². The van der Waals surface area contributed by atoms with Crippen LogP contribution in [0.1, 0.15) is 11.1 Å². The van der Waals surface area contributed by atoms with E-state index in [1.165, 1.54) is 5.56 Å². The van der Waals surface area contributed by atoms with Gasteiger partial charge in [0, 0.05) is 43.7 Å². The molecule has 1 fully saturated rings. The maximum atomic E-state index is 10.6. The van der Waals surface area contributed by atoms with Crippen LogP contribution in [-0.2, 0) is 13.2 Å². The number of para-hydroxylation sites is 1. The largest absolute Gasteiger partial charge is 0.392 e. The zero-order valence-electron chi connectivity index (χ0n) is 15.3. The molecule has 1 aliphatic rings. The summed E-state index contributed by atoms with van der Waals surface area (Å²) in [6, 6.07) is 20.3. The lowest BCUT2D eigenvalue weighted by molar-refractivity contribution is 0.129. The van der Waals surface area contributed by atoms with Crippen molar-refractivity contribution in [3.8, 4) is 0 Å². The Morgan fingerprint density at radius 1 is 0.963 bits per heavy atom. The summed E-state index contributed by atoms with van der Waals surface area (Å²) >= 11 is 0. The molecule has 5 nitrogen and oxygen atoms in total. The van der Waals surface area contributed by atoms with Gasteiger partial charge in [0.15, 0.2) is 0 Å². The molecule has 0 amide bonds. The van der Waals surface area contributed by atoms with Crippen molar-refractivity contribution in [2.45, 2.75) is 19.3 Å². The topological polar surface area (TPSA) is 59.8 Å². The average Bonchev–Trinajstić information content (AvgIpc) is 2.88. The molecule has 1 aliphatic heterocycles. The molecule has 1 saturated heterocycles. The molecule has 0 radical (unpaired) electrons. The Kier molecular flexibility index (Phi) is 5.34. The summed E-state index contributed by atoms with van der Waals surface area (Å²) in [6.45, 7) is 3.52. The van der Waals surface area contributed by atoms with Crippen LogP contribution < -0.4 is 4.90 Å². The number of anilines is 1. The normalized spacial score (nSPS) is 18.6. The summed E-state index contributed by atoms with van der Waals surface area (Å²) in [7, 11) is 0. The first-order valence-corrected chi connectivity index (χ1v) is 9.42. The van der Waals surface area contributed by atoms with Gasteiger partial charge in [-0.15, -0.1) is 0 Å². The summed E-state index contributed by atoms with van der Waals surface area (Å²) in [5.41, 5.74) is 2.96. The SMILES string of the molecule is OCc1cc2ccccc2nc1N1CCN(Cc2ccccc2)C[C@H](O)C1. The van der Waals surface area contributed by atoms with Crippen LogP contribution in [0.15, 0.2) is 60.7 Å². The molecule has 0 spiro atoms. The summed E-state index contributed by atoms with van der Waals surface area (Å²) < 4.78 is 0. The van der Waals surface area contributed by atoms with E-state index in [9.17, 15) is 10.2 Å². The minimum absolute atomic E-state index is 0.0620. The number of pyridine rings is 1. The van der Waals surface area contributed by atoms with E-state index in [1.54, 1.807) is 0 Å². The van der Waals surface area contributed by atoms with Crippen molar-refractivity contribution in [1.82, 2.24) is 9.88 Å². The highest BCUT2D eigenvalue weighted by molar-refractivity contribution is 5.81. The maximum absolute atomic E-state index is 10.6. The van der Waals surface area contributed by atoms with E-state index >= 15 is 0 Å². The van der Waals surface area contributed by atoms with E-state index in [0.29, 0.717) is 13.1 Å². The molecule has 2 aromatic carbocycles. The molecule has 4 rings (SSSR count). The number of rotatable bonds is 4. The molecule has 0 bridgehead atoms. The fourth-order valence-corrected chi connectivity index (χ4v) is 3.77. The highest BCUT2D eigenvalue weighted by Crippen LogP contribution is 2.25. The van der Waals surface area contributed by atoms with Crippen LogP contribution >= 0.6 is 0 Å². The van der Waals surface area contributed by atoms with Crippen LogP contribution in [0.5, 0.6) is 0 Å². The minimum Gasteiger partial charge on any atom is -0.392 e. The first kappa shape index (κ1) is 17.9. The molecular formula is C22H25N3O2. The third-order valence-corrected chi connectivity index (χ3v) is 5.09. The van der Waals surface area contributed by atoms with Crippen molar-refractivity contribution in [1.29, 1.82) is 0 Å². The molecule has 1 atom stereocenters. The lowest BCUT2D eigenvalue weighted by atomic mass is 10.1. The van der Waals surface area contributed by atoms with Crippen LogP contribution in [0, 0.1) is 0 Å². The zero-order chi connectivity index (χ0) is 18.6. The van der Waals surface area contributed by atoms with E-state index < -0.39 is 6.10 Å². The lowest BCUT2D eigenvalue weighted by Crippen LogP contribution is -2.34. The van der Waals surface area contributed by atoms with Crippen LogP contribution in [0.25, 0.3) is 10.9 Å². The van der Waals surface area contributed by atoms with Crippen LogP contribution in [-0.4, -0.2) is 52.4 Å². The quantitative estimate of drug-likeness (QED) is 0.745. The number of hydrogen-bond acceptors (Lipinski definition) is 5. The predicted molar refractivity (Wildman–Crippen MR) is 108 cm³/mol. The second-order valence-electron chi connectivity index (χ2n) is 7.14. The fraction of sp³-hybridized carbons (Fsp3) is 0.318. The van der Waals surface area contributed by atoms with Gasteiger partial charge in [0.25, 0.3) is 0 Å². The van der Waals surface area contributed by atoms with E-state index in [-0.39, 0.29) is 6.61 Å². The molecule has 0 saturated carbocycles. The summed E-state index contributed by atoms with van der Waals surface area (Å²) in [5.74, 6) is 0.775. The second kappa shape index (κ2) is 8.05. The van der Waals surface area contributed by atoms with E-state index in [1.807, 2.05) is 48.5 Å². The van der Waals surface area contributed by atoms with Crippen molar-refractivity contribution in [3.63, 3.8) is 0 Å². The number of aliphatic hydroxyl groups is 2. The third kappa shape index (κ3) is 4.11. The van der Waals surface area contributed by atoms with Crippen LogP contribution in [0.3, 0.4) is 0 Å². The van der Waals surface area contributed by atoms with Gasteiger partial charge in [0.2, 0.25) is 0 Å². The number of hydrogen-bond donors (Lipinski definition) is 2. The molecular weight excluding hydrogens is 338 g/mol. The Hall–Kier alpha value is -2.47. The van der Waals surface area contributed by atoms with Gasteiger partial charge in [-0.2, -0.15) is 0 Å². The molecule has 140 valence electrons. The summed E-state index contributed by atoms with van der Waals surface area (Å²) in [5, 5.41) is 21.4. The monoisotopic (exact) mass is 363 g/mol. The average molecular weight is 363 g/mol. The van der Waals surface area contributed by atoms with Gasteiger partial charge >= 0.3 is 0 Å². The van der Waals surface area contributed by atoms with Crippen LogP contribution in [0.4, 0.5) is 5.82 Å². The molecule has 5 heteroatoms. The van der Waals surface area contributed by atoms with Gasteiger partial charge in [-0.25, -0.2) is 4.98 Å². The second-order valence-corrected chi connectivity index (χ2v) is 7.14. The Balaban J connectivity index is 1.57. The predicted octanol–water partition coefficient (Wildman–Crippen LogP) is 2.41. The Labute approximate surface area is 159 Å². The van der Waals surface area contributed by atoms with Crippen molar-refractivity contribution in [2.24, 2.45) is 0 Å². The van der Waals surface area contributed by atoms with Crippen molar-refractivity contribution in [3.05, 3.63) is 71.8 Å². The first-order chi connectivity index (χ1) is 13.2. The standard InChI is InChI=1S/C22H25N3O2/c26-16-19-12-18-8-4-5-9-21(18)23-22(19)25-11-10-24(14-20(27)15-25)13-17-6-2-1-3-7-17/h1-9,12,20,26-27H,10-11,13-16H2/t20-/m0/s1. The molecule has 0 unspecified atom stereocenters. The number of aliphatic hydroxyl groups excluding tert-OH is 2. The number of β-amino-alcohol motifs (C(OH)–C–C–N with tert-alkyl or cyclic N) is 1. The van der Waals surface area contributed by atoms with E-state index in [4.69, 9.17) is 4.98 Å². The summed E-state index contributed by atoms with van der Waals surface area (Å²) in [6.07, 6.45) is -0.462. The van der Waals surface area contributed by atoms with Crippen molar-refractivity contribution < 1.29 is 10.2 Å². The number of nitrogens with zero attached hydrogens (tertiary/aromatic N) is 3. The van der Waals surface area contributed by atoms with E-state index in [0.717, 1.165) is 41.9 Å². The maximum Gasteiger partial charge on any atom is 0.134 e. The van der Waals surface area contributed by atoms with Crippen molar-refractivity contribution in [2.75, 3.05) is 31.1 Å². The van der Waals surface area contributed by atoms with Gasteiger partial charge in [0.05, 0.1) is 18.2 Å². The molecule has 27 heavy (non-hydrogen) atoms. The van der Waals surface area contributed by atoms with Gasteiger partial charge < -0.3 is 15.1 Å². The highest BCUT2D eigenvalue weighted by Gasteiger charge is 2.24. The first-order valence-electron chi connectivity index (χ1n) is 9.42. The zero-order valence-corrected chi connectivity index (χ0v) is 15.3. The molecule has 0 aliphatic carbocycles. The number of aromatic nitrogens is 1. The number of fused-ring (bicyclic) bond motifs is 1. The Bertz CT molecular complexity index is 900. The van der Waals surface area contributed by atoms with E-state index in [2.05, 4.69) is 21.9 Å². The number of benzene rings is 2. The Morgan fingerprint density at radius 2 is 1.74 bits per heavy atom. The lowest BCUT2D eigenvalue weighted by Gasteiger charge is -2.25. The van der Waals surface area contributed by atoms with Gasteiger partial charge in [-0.05, 0) is 17.7 Å². The summed E-state index contributed by atoms with van der Waals surface area (Å²) in [4.78, 5) is 9.17. The molecule has 2 N–H and O–H groups in total. The smallest absolute Gasteiger partial charge is 0.134 e. The van der Waals surface area contributed by atoms with Gasteiger partial charge in [-0.3, -0.25) is 4.90 Å². The highest BCUT2D eigenvalue weighted by atomic mass is 16.3. The van der Waals surface area contributed by atoms with Crippen molar-refractivity contribution >= 4 is 16.7 Å². The Morgan fingerprint density at radius 3 is 2.56 bits per heavy atom. The van der Waals surface area contributed by atoms with Gasteiger partial charge in [0.1, 0.15) is 5.82 Å². The molecule has 2 heterocycles. The molecule has 1 aromatic heterocycles. The third-order valence-electron chi connectivity index (χ3n) is 5.09. The minimum atomic E-state index is -0.462. The molecule has 3 aromatic rings. The van der Waals surface area contributed by atoms with Gasteiger partial charge in [-0.1, -0.05) is 48.5 Å².